The lowest BCUT2D eigenvalue weighted by atomic mass is 10.0. The van der Waals surface area contributed by atoms with Crippen molar-refractivity contribution in [1.82, 2.24) is 0 Å². The van der Waals surface area contributed by atoms with Gasteiger partial charge >= 0.3 is 0 Å². The topological polar surface area (TPSA) is 0 Å². The van der Waals surface area contributed by atoms with E-state index in [0.717, 1.165) is 4.75 Å². The van der Waals surface area contributed by atoms with Crippen molar-refractivity contribution in [3.63, 3.8) is 0 Å². The highest BCUT2D eigenvalue weighted by Gasteiger charge is 2.37. The molecule has 1 saturated heterocycles. The highest BCUT2D eigenvalue weighted by Crippen LogP contribution is 2.55. The average Bonchev–Trinajstić information content (AvgIpc) is 2.45. The van der Waals surface area contributed by atoms with Gasteiger partial charge in [0, 0.05) is 10.5 Å². The summed E-state index contributed by atoms with van der Waals surface area (Å²) in [5.41, 5.74) is 0. The van der Waals surface area contributed by atoms with Gasteiger partial charge in [-0.1, -0.05) is 34.4 Å². The van der Waals surface area contributed by atoms with Crippen molar-refractivity contribution in [2.75, 3.05) is 5.75 Å². The average molecular weight is 160 g/mol. The summed E-state index contributed by atoms with van der Waals surface area (Å²) in [5.74, 6) is 1.41. The molecular weight excluding hydrogens is 148 g/mol. The number of hydrogen-bond donors (Lipinski definition) is 0. The molecule has 1 heterocycles. The maximum Gasteiger partial charge on any atom is 0.0271 e. The van der Waals surface area contributed by atoms with Gasteiger partial charge in [0.15, 0.2) is 0 Å². The summed E-state index contributed by atoms with van der Waals surface area (Å²) in [6, 6.07) is 0. The molecule has 1 aliphatic heterocycles. The molecule has 2 fully saturated rings. The molecule has 1 aliphatic carbocycles. The largest absolute Gasteiger partial charge is 0.0935 e. The lowest BCUT2D eigenvalue weighted by Crippen LogP contribution is -2.14. The Labute approximate surface area is 64.6 Å². The van der Waals surface area contributed by atoms with Crippen molar-refractivity contribution < 1.29 is 0 Å². The summed E-state index contributed by atoms with van der Waals surface area (Å²) in [5, 5.41) is 0. The van der Waals surface area contributed by atoms with Gasteiger partial charge in [0.1, 0.15) is 0 Å². The predicted molar refractivity (Wildman–Crippen MR) is 45.9 cm³/mol. The lowest BCUT2D eigenvalue weighted by Gasteiger charge is -2.18. The first-order chi connectivity index (χ1) is 4.41. The second kappa shape index (κ2) is 2.39. The van der Waals surface area contributed by atoms with Crippen molar-refractivity contribution >= 4 is 21.6 Å². The van der Waals surface area contributed by atoms with Crippen molar-refractivity contribution in [1.29, 1.82) is 0 Å². The molecule has 52 valence electrons. The van der Waals surface area contributed by atoms with Gasteiger partial charge < -0.3 is 0 Å². The van der Waals surface area contributed by atoms with E-state index >= 15 is 0 Å². The zero-order chi connectivity index (χ0) is 6.16. The van der Waals surface area contributed by atoms with Crippen LogP contribution >= 0.6 is 21.6 Å². The van der Waals surface area contributed by atoms with Crippen LogP contribution in [0.5, 0.6) is 0 Å². The van der Waals surface area contributed by atoms with Crippen LogP contribution in [0.1, 0.15) is 32.1 Å². The van der Waals surface area contributed by atoms with E-state index in [0.29, 0.717) is 0 Å². The molecule has 0 radical (unpaired) electrons. The van der Waals surface area contributed by atoms with Crippen molar-refractivity contribution in [3.8, 4) is 0 Å². The molecule has 0 nitrogen and oxygen atoms in total. The third-order valence-electron chi connectivity index (χ3n) is 2.39. The minimum absolute atomic E-state index is 0.769. The Morgan fingerprint density at radius 3 is 2.33 bits per heavy atom. The van der Waals surface area contributed by atoms with E-state index in [9.17, 15) is 0 Å². The third-order valence-corrected chi connectivity index (χ3v) is 5.76. The maximum absolute atomic E-state index is 2.17. The van der Waals surface area contributed by atoms with Crippen molar-refractivity contribution in [2.45, 2.75) is 36.9 Å². The van der Waals surface area contributed by atoms with Crippen LogP contribution in [0.3, 0.4) is 0 Å². The monoisotopic (exact) mass is 160 g/mol. The summed E-state index contributed by atoms with van der Waals surface area (Å²) in [6.45, 7) is 0. The molecule has 1 saturated carbocycles. The molecular formula is C7H12S2. The normalized spacial score (nSPS) is 32.0. The molecule has 0 aromatic rings. The SMILES string of the molecule is C1CCC2(C1)CCSS2. The molecule has 2 aliphatic rings. The van der Waals surface area contributed by atoms with E-state index in [1.54, 1.807) is 0 Å². The van der Waals surface area contributed by atoms with Crippen LogP contribution < -0.4 is 0 Å². The van der Waals surface area contributed by atoms with Gasteiger partial charge in [0.2, 0.25) is 0 Å². The van der Waals surface area contributed by atoms with E-state index in [4.69, 9.17) is 0 Å². The first kappa shape index (κ1) is 6.41. The minimum Gasteiger partial charge on any atom is -0.0935 e. The van der Waals surface area contributed by atoms with E-state index in [1.165, 1.54) is 37.9 Å². The summed E-state index contributed by atoms with van der Waals surface area (Å²) in [6.07, 6.45) is 7.48. The van der Waals surface area contributed by atoms with E-state index < -0.39 is 0 Å². The lowest BCUT2D eigenvalue weighted by molar-refractivity contribution is 0.603. The second-order valence-corrected chi connectivity index (χ2v) is 5.93. The number of rotatable bonds is 0. The Balaban J connectivity index is 2.04. The van der Waals surface area contributed by atoms with Crippen LogP contribution in [0.15, 0.2) is 0 Å². The molecule has 0 bridgehead atoms. The molecule has 2 heteroatoms. The fourth-order valence-corrected chi connectivity index (χ4v) is 5.37. The summed E-state index contributed by atoms with van der Waals surface area (Å²) >= 11 is 0. The first-order valence-electron chi connectivity index (χ1n) is 3.72. The van der Waals surface area contributed by atoms with Crippen molar-refractivity contribution in [3.05, 3.63) is 0 Å². The molecule has 0 unspecified atom stereocenters. The smallest absolute Gasteiger partial charge is 0.0271 e. The Morgan fingerprint density at radius 1 is 1.00 bits per heavy atom. The predicted octanol–water partition coefficient (Wildman–Crippen LogP) is 3.08. The van der Waals surface area contributed by atoms with Crippen LogP contribution in [0, 0.1) is 0 Å². The Kier molecular flexibility index (Phi) is 1.70. The van der Waals surface area contributed by atoms with Gasteiger partial charge in [0.25, 0.3) is 0 Å². The van der Waals surface area contributed by atoms with Gasteiger partial charge in [-0.3, -0.25) is 0 Å². The van der Waals surface area contributed by atoms with Crippen LogP contribution in [-0.4, -0.2) is 10.5 Å². The van der Waals surface area contributed by atoms with Crippen LogP contribution in [-0.2, 0) is 0 Å². The first-order valence-corrected chi connectivity index (χ1v) is 6.04. The molecule has 1 spiro atoms. The Morgan fingerprint density at radius 2 is 1.78 bits per heavy atom. The van der Waals surface area contributed by atoms with Gasteiger partial charge in [0.05, 0.1) is 0 Å². The molecule has 9 heavy (non-hydrogen) atoms. The summed E-state index contributed by atoms with van der Waals surface area (Å²) in [4.78, 5) is 0. The zero-order valence-electron chi connectivity index (χ0n) is 5.56. The van der Waals surface area contributed by atoms with Crippen LogP contribution in [0.25, 0.3) is 0 Å². The maximum atomic E-state index is 2.17. The van der Waals surface area contributed by atoms with Gasteiger partial charge in [-0.15, -0.1) is 0 Å². The van der Waals surface area contributed by atoms with Gasteiger partial charge in [-0.2, -0.15) is 0 Å². The Hall–Kier alpha value is 0.700. The molecule has 0 amide bonds. The van der Waals surface area contributed by atoms with Crippen LogP contribution in [0.4, 0.5) is 0 Å². The third kappa shape index (κ3) is 1.12. The minimum atomic E-state index is 0.769. The fourth-order valence-electron chi connectivity index (χ4n) is 1.79. The van der Waals surface area contributed by atoms with Crippen molar-refractivity contribution in [2.24, 2.45) is 0 Å². The summed E-state index contributed by atoms with van der Waals surface area (Å²) in [7, 11) is 4.26. The van der Waals surface area contributed by atoms with Crippen LogP contribution in [0.2, 0.25) is 0 Å². The molecule has 0 atom stereocenters. The molecule has 0 aromatic carbocycles. The molecule has 0 aromatic heterocycles. The quantitative estimate of drug-likeness (QED) is 0.499. The van der Waals surface area contributed by atoms with Gasteiger partial charge in [-0.05, 0) is 19.3 Å². The van der Waals surface area contributed by atoms with Gasteiger partial charge in [-0.25, -0.2) is 0 Å². The molecule has 2 rings (SSSR count). The second-order valence-electron chi connectivity index (χ2n) is 3.05. The highest BCUT2D eigenvalue weighted by molar-refractivity contribution is 8.77. The van der Waals surface area contributed by atoms with E-state index in [1.807, 2.05) is 0 Å². The number of hydrogen-bond acceptors (Lipinski definition) is 2. The summed E-state index contributed by atoms with van der Waals surface area (Å²) < 4.78 is 0.769. The Bertz CT molecular complexity index is 82.0. The fraction of sp³-hybridized carbons (Fsp3) is 1.00. The molecule has 0 N–H and O–H groups in total. The standard InChI is InChI=1S/C7H12S2/c1-2-4-7(3-1)5-6-8-9-7/h1-6H2. The highest BCUT2D eigenvalue weighted by atomic mass is 33.1. The zero-order valence-corrected chi connectivity index (χ0v) is 7.19. The van der Waals surface area contributed by atoms with E-state index in [2.05, 4.69) is 21.6 Å². The van der Waals surface area contributed by atoms with E-state index in [-0.39, 0.29) is 0 Å².